The number of unbranched alkanes of at least 4 members (excludes halogenated alkanes) is 20. The van der Waals surface area contributed by atoms with Crippen LogP contribution in [0.2, 0.25) is 0 Å². The molecule has 0 bridgehead atoms. The number of ether oxygens (including phenoxy) is 2. The third kappa shape index (κ3) is 36.1. The van der Waals surface area contributed by atoms with Crippen molar-refractivity contribution < 1.29 is 43.3 Å². The summed E-state index contributed by atoms with van der Waals surface area (Å²) in [4.78, 5) is 36.9. The van der Waals surface area contributed by atoms with Gasteiger partial charge in [0.1, 0.15) is 13.2 Å². The van der Waals surface area contributed by atoms with Crippen molar-refractivity contribution in [1.29, 1.82) is 0 Å². The van der Waals surface area contributed by atoms with E-state index >= 15 is 0 Å². The van der Waals surface area contributed by atoms with E-state index in [-0.39, 0.29) is 32.6 Å². The Kier molecular flexibility index (Phi) is 35.2. The first-order chi connectivity index (χ1) is 23.8. The standard InChI is InChI=1S/C39H74NO8P/c1-3-5-7-9-11-13-15-17-18-20-22-24-26-28-30-32-39(42)48-37(36-47-49(43,44)46-34-33-40)35-45-38(41)31-29-27-25-23-21-19-16-14-12-10-8-6-4-2/h11,13,17-18,37H,3-10,12,14-16,19-36,40H2,1-2H3,(H,43,44)/t37-/m1/s1. The minimum Gasteiger partial charge on any atom is -0.756 e. The molecule has 0 aromatic carbocycles. The fraction of sp³-hybridized carbons (Fsp3) is 0.846. The molecule has 10 heteroatoms. The number of phosphoric acid groups is 1. The van der Waals surface area contributed by atoms with Crippen LogP contribution in [-0.2, 0) is 32.7 Å². The van der Waals surface area contributed by atoms with E-state index in [1.807, 2.05) is 0 Å². The molecule has 0 aliphatic carbocycles. The number of hydrogen-bond donors (Lipinski definition) is 1. The van der Waals surface area contributed by atoms with Gasteiger partial charge in [-0.3, -0.25) is 14.2 Å². The van der Waals surface area contributed by atoms with Crippen molar-refractivity contribution >= 4 is 19.8 Å². The first kappa shape index (κ1) is 47.5. The normalized spacial score (nSPS) is 13.6. The summed E-state index contributed by atoms with van der Waals surface area (Å²) < 4.78 is 32.4. The quantitative estimate of drug-likeness (QED) is 0.0290. The average molecular weight is 716 g/mol. The van der Waals surface area contributed by atoms with Crippen molar-refractivity contribution in [3.63, 3.8) is 0 Å². The summed E-state index contributed by atoms with van der Waals surface area (Å²) in [6.45, 7) is 3.89. The van der Waals surface area contributed by atoms with Crippen molar-refractivity contribution in [3.05, 3.63) is 24.3 Å². The summed E-state index contributed by atoms with van der Waals surface area (Å²) in [5, 5.41) is 0. The fourth-order valence-electron chi connectivity index (χ4n) is 5.37. The second-order valence-corrected chi connectivity index (χ2v) is 14.6. The van der Waals surface area contributed by atoms with Crippen LogP contribution in [0, 0.1) is 0 Å². The molecule has 0 fully saturated rings. The molecule has 2 atom stereocenters. The Morgan fingerprint density at radius 1 is 0.612 bits per heavy atom. The number of hydrogen-bond acceptors (Lipinski definition) is 8. The van der Waals surface area contributed by atoms with Gasteiger partial charge in [0, 0.05) is 12.8 Å². The van der Waals surface area contributed by atoms with Gasteiger partial charge in [0.25, 0.3) is 7.82 Å². The lowest BCUT2D eigenvalue weighted by molar-refractivity contribution is -0.373. The van der Waals surface area contributed by atoms with Crippen LogP contribution in [0.5, 0.6) is 0 Å². The Morgan fingerprint density at radius 3 is 1.59 bits per heavy atom. The highest BCUT2D eigenvalue weighted by atomic mass is 31.2. The van der Waals surface area contributed by atoms with Crippen molar-refractivity contribution in [2.45, 2.75) is 187 Å². The molecule has 0 radical (unpaired) electrons. The first-order valence-corrected chi connectivity index (χ1v) is 21.3. The van der Waals surface area contributed by atoms with Crippen LogP contribution in [0.15, 0.2) is 24.3 Å². The number of rotatable bonds is 37. The molecular weight excluding hydrogens is 641 g/mol. The zero-order valence-corrected chi connectivity index (χ0v) is 32.4. The molecule has 0 aliphatic rings. The molecule has 288 valence electrons. The van der Waals surface area contributed by atoms with Crippen molar-refractivity contribution in [3.8, 4) is 0 Å². The highest BCUT2D eigenvalue weighted by Gasteiger charge is 2.21. The lowest BCUT2D eigenvalue weighted by Crippen LogP contribution is -2.52. The molecule has 0 rings (SSSR count). The number of quaternary nitrogens is 1. The molecule has 0 saturated heterocycles. The van der Waals surface area contributed by atoms with Crippen LogP contribution in [0.4, 0.5) is 0 Å². The summed E-state index contributed by atoms with van der Waals surface area (Å²) in [6.07, 6.45) is 36.2. The van der Waals surface area contributed by atoms with E-state index in [1.54, 1.807) is 0 Å². The predicted octanol–water partition coefficient (Wildman–Crippen LogP) is 9.48. The van der Waals surface area contributed by atoms with Gasteiger partial charge in [0.2, 0.25) is 0 Å². The Morgan fingerprint density at radius 2 is 1.06 bits per heavy atom. The topological polar surface area (TPSA) is 139 Å². The van der Waals surface area contributed by atoms with Gasteiger partial charge in [0.15, 0.2) is 6.10 Å². The van der Waals surface area contributed by atoms with Crippen LogP contribution in [0.1, 0.15) is 181 Å². The molecule has 1 unspecified atom stereocenters. The smallest absolute Gasteiger partial charge is 0.306 e. The third-order valence-electron chi connectivity index (χ3n) is 8.36. The SMILES string of the molecule is CCCCCC=CCC=CCCCCCCCC(=O)O[C@H](COC(=O)CCCCCCCCCCCCCCC)COP(=O)([O-])OCC[NH3+]. The minimum atomic E-state index is -4.58. The van der Waals surface area contributed by atoms with Crippen molar-refractivity contribution in [1.82, 2.24) is 0 Å². The van der Waals surface area contributed by atoms with Gasteiger partial charge in [-0.05, 0) is 44.9 Å². The van der Waals surface area contributed by atoms with Crippen molar-refractivity contribution in [2.24, 2.45) is 0 Å². The highest BCUT2D eigenvalue weighted by molar-refractivity contribution is 7.45. The third-order valence-corrected chi connectivity index (χ3v) is 9.32. The van der Waals surface area contributed by atoms with E-state index in [2.05, 4.69) is 43.9 Å². The van der Waals surface area contributed by atoms with Gasteiger partial charge in [-0.15, -0.1) is 0 Å². The predicted molar refractivity (Wildman–Crippen MR) is 198 cm³/mol. The maximum atomic E-state index is 12.5. The summed E-state index contributed by atoms with van der Waals surface area (Å²) in [5.74, 6) is -0.859. The zero-order chi connectivity index (χ0) is 36.1. The number of allylic oxidation sites excluding steroid dienone is 4. The number of esters is 2. The Hall–Kier alpha value is -1.51. The molecule has 0 heterocycles. The lowest BCUT2D eigenvalue weighted by Gasteiger charge is -2.25. The minimum absolute atomic E-state index is 0.105. The van der Waals surface area contributed by atoms with E-state index in [9.17, 15) is 19.0 Å². The molecule has 3 N–H and O–H groups in total. The molecular formula is C39H74NO8P. The molecule has 9 nitrogen and oxygen atoms in total. The van der Waals surface area contributed by atoms with Gasteiger partial charge in [0.05, 0.1) is 13.2 Å². The van der Waals surface area contributed by atoms with E-state index < -0.39 is 32.5 Å². The maximum Gasteiger partial charge on any atom is 0.306 e. The van der Waals surface area contributed by atoms with Gasteiger partial charge < -0.3 is 29.1 Å². The maximum absolute atomic E-state index is 12.5. The average Bonchev–Trinajstić information content (AvgIpc) is 3.08. The first-order valence-electron chi connectivity index (χ1n) is 19.9. The summed E-state index contributed by atoms with van der Waals surface area (Å²) in [7, 11) is -4.58. The highest BCUT2D eigenvalue weighted by Crippen LogP contribution is 2.38. The van der Waals surface area contributed by atoms with Crippen LogP contribution in [0.3, 0.4) is 0 Å². The molecule has 0 aromatic heterocycles. The Labute approximate surface area is 300 Å². The van der Waals surface area contributed by atoms with Crippen LogP contribution in [-0.4, -0.2) is 44.4 Å². The van der Waals surface area contributed by atoms with Gasteiger partial charge in [-0.25, -0.2) is 0 Å². The van der Waals surface area contributed by atoms with E-state index in [4.69, 9.17) is 18.5 Å². The monoisotopic (exact) mass is 716 g/mol. The van der Waals surface area contributed by atoms with Crippen LogP contribution in [0.25, 0.3) is 0 Å². The largest absolute Gasteiger partial charge is 0.756 e. The Balaban J connectivity index is 4.22. The van der Waals surface area contributed by atoms with Gasteiger partial charge >= 0.3 is 11.9 Å². The van der Waals surface area contributed by atoms with Crippen LogP contribution < -0.4 is 10.6 Å². The Bertz CT molecular complexity index is 866. The van der Waals surface area contributed by atoms with E-state index in [1.165, 1.54) is 89.9 Å². The molecule has 0 aromatic rings. The summed E-state index contributed by atoms with van der Waals surface area (Å²) in [6, 6.07) is 0. The molecule has 49 heavy (non-hydrogen) atoms. The molecule has 0 spiro atoms. The molecule has 0 aliphatic heterocycles. The van der Waals surface area contributed by atoms with Crippen molar-refractivity contribution in [2.75, 3.05) is 26.4 Å². The second-order valence-electron chi connectivity index (χ2n) is 13.2. The molecule has 0 saturated carbocycles. The van der Waals surface area contributed by atoms with Crippen LogP contribution >= 0.6 is 7.82 Å². The fourth-order valence-corrected chi connectivity index (χ4v) is 6.15. The molecule has 0 amide bonds. The van der Waals surface area contributed by atoms with E-state index in [0.717, 1.165) is 57.8 Å². The van der Waals surface area contributed by atoms with Gasteiger partial charge in [-0.1, -0.05) is 147 Å². The summed E-state index contributed by atoms with van der Waals surface area (Å²) in [5.41, 5.74) is 3.55. The summed E-state index contributed by atoms with van der Waals surface area (Å²) >= 11 is 0. The van der Waals surface area contributed by atoms with E-state index in [0.29, 0.717) is 6.42 Å². The van der Waals surface area contributed by atoms with Gasteiger partial charge in [-0.2, -0.15) is 0 Å². The number of carbonyl (C=O) groups is 2. The zero-order valence-electron chi connectivity index (χ0n) is 31.5. The number of phosphoric ester groups is 1. The number of carbonyl (C=O) groups excluding carboxylic acids is 2. The lowest BCUT2D eigenvalue weighted by atomic mass is 10.0. The second kappa shape index (κ2) is 36.3.